The van der Waals surface area contributed by atoms with Crippen LogP contribution in [0.3, 0.4) is 0 Å². The number of benzene rings is 4. The summed E-state index contributed by atoms with van der Waals surface area (Å²) in [6.07, 6.45) is 0. The highest BCUT2D eigenvalue weighted by molar-refractivity contribution is 5.96. The quantitative estimate of drug-likeness (QED) is 0.249. The maximum absolute atomic E-state index is 5.46. The molecule has 36 heavy (non-hydrogen) atoms. The number of ether oxygens (including phenoxy) is 4. The van der Waals surface area contributed by atoms with Gasteiger partial charge in [0.1, 0.15) is 0 Å². The van der Waals surface area contributed by atoms with E-state index in [1.165, 1.54) is 0 Å². The molecule has 0 bridgehead atoms. The van der Waals surface area contributed by atoms with Crippen LogP contribution >= 0.6 is 0 Å². The number of hydrogen-bond acceptors (Lipinski definition) is 8. The molecule has 5 aromatic rings. The molecule has 0 radical (unpaired) electrons. The molecule has 2 N–H and O–H groups in total. The summed E-state index contributed by atoms with van der Waals surface area (Å²) in [7, 11) is 6.42. The molecule has 0 saturated carbocycles. The van der Waals surface area contributed by atoms with Crippen LogP contribution in [0.4, 0.5) is 23.0 Å². The predicted molar refractivity (Wildman–Crippen MR) is 143 cm³/mol. The Bertz CT molecular complexity index is 1440. The first-order chi connectivity index (χ1) is 17.6. The zero-order valence-corrected chi connectivity index (χ0v) is 20.5. The van der Waals surface area contributed by atoms with Gasteiger partial charge in [0, 0.05) is 23.5 Å². The largest absolute Gasteiger partial charge is 0.493 e. The third kappa shape index (κ3) is 4.48. The molecular weight excluding hydrogens is 456 g/mol. The van der Waals surface area contributed by atoms with Crippen molar-refractivity contribution in [3.8, 4) is 23.0 Å². The zero-order valence-electron chi connectivity index (χ0n) is 20.5. The van der Waals surface area contributed by atoms with E-state index in [0.29, 0.717) is 34.6 Å². The van der Waals surface area contributed by atoms with E-state index in [1.54, 1.807) is 28.4 Å². The van der Waals surface area contributed by atoms with Crippen LogP contribution in [-0.4, -0.2) is 38.4 Å². The van der Waals surface area contributed by atoms with E-state index in [9.17, 15) is 0 Å². The van der Waals surface area contributed by atoms with Gasteiger partial charge in [-0.1, -0.05) is 24.3 Å². The van der Waals surface area contributed by atoms with Crippen LogP contribution in [0.25, 0.3) is 21.8 Å². The zero-order chi connectivity index (χ0) is 25.1. The minimum absolute atomic E-state index is 0.555. The number of anilines is 4. The lowest BCUT2D eigenvalue weighted by molar-refractivity contribution is 0.355. The summed E-state index contributed by atoms with van der Waals surface area (Å²) in [6.45, 7) is 0. The molecule has 4 aromatic carbocycles. The standard InChI is InChI=1S/C28H26N4O4/c1-33-23-11-9-19(15-25(23)35-3)29-27-28(30-20-10-12-24(34-2)26(16-20)36-4)32-22-14-18-8-6-5-7-17(18)13-21(22)31-27/h5-16H,1-4H3,(H,29,31)(H,30,32). The summed E-state index contributed by atoms with van der Waals surface area (Å²) in [5.41, 5.74) is 3.10. The number of hydrogen-bond donors (Lipinski definition) is 2. The van der Waals surface area contributed by atoms with E-state index in [-0.39, 0.29) is 0 Å². The number of methoxy groups -OCH3 is 4. The van der Waals surface area contributed by atoms with Crippen molar-refractivity contribution in [2.45, 2.75) is 0 Å². The van der Waals surface area contributed by atoms with Gasteiger partial charge in [-0.25, -0.2) is 9.97 Å². The van der Waals surface area contributed by atoms with Crippen molar-refractivity contribution in [3.63, 3.8) is 0 Å². The van der Waals surface area contributed by atoms with Gasteiger partial charge in [-0.15, -0.1) is 0 Å². The first-order valence-corrected chi connectivity index (χ1v) is 11.3. The van der Waals surface area contributed by atoms with Crippen LogP contribution in [-0.2, 0) is 0 Å². The molecule has 8 heteroatoms. The lowest BCUT2D eigenvalue weighted by Crippen LogP contribution is -2.04. The van der Waals surface area contributed by atoms with Gasteiger partial charge in [-0.2, -0.15) is 0 Å². The average Bonchev–Trinajstić information content (AvgIpc) is 2.92. The van der Waals surface area contributed by atoms with Crippen LogP contribution in [0.5, 0.6) is 23.0 Å². The summed E-state index contributed by atoms with van der Waals surface area (Å²) in [6, 6.07) is 23.4. The van der Waals surface area contributed by atoms with Crippen molar-refractivity contribution in [1.29, 1.82) is 0 Å². The maximum atomic E-state index is 5.46. The van der Waals surface area contributed by atoms with Gasteiger partial charge in [-0.05, 0) is 47.2 Å². The summed E-state index contributed by atoms with van der Waals surface area (Å²) in [5.74, 6) is 3.61. The van der Waals surface area contributed by atoms with Crippen LogP contribution in [0, 0.1) is 0 Å². The van der Waals surface area contributed by atoms with Gasteiger partial charge in [0.2, 0.25) is 0 Å². The first-order valence-electron chi connectivity index (χ1n) is 11.3. The van der Waals surface area contributed by atoms with E-state index in [4.69, 9.17) is 28.9 Å². The van der Waals surface area contributed by atoms with Crippen molar-refractivity contribution in [1.82, 2.24) is 9.97 Å². The lowest BCUT2D eigenvalue weighted by atomic mass is 10.1. The van der Waals surface area contributed by atoms with Crippen molar-refractivity contribution < 1.29 is 18.9 Å². The van der Waals surface area contributed by atoms with Crippen molar-refractivity contribution in [2.24, 2.45) is 0 Å². The van der Waals surface area contributed by atoms with Gasteiger partial charge in [0.15, 0.2) is 34.6 Å². The average molecular weight is 483 g/mol. The van der Waals surface area contributed by atoms with Crippen LogP contribution < -0.4 is 29.6 Å². The topological polar surface area (TPSA) is 86.8 Å². The second-order valence-corrected chi connectivity index (χ2v) is 8.00. The van der Waals surface area contributed by atoms with Gasteiger partial charge < -0.3 is 29.6 Å². The summed E-state index contributed by atoms with van der Waals surface area (Å²) < 4.78 is 21.7. The Morgan fingerprint density at radius 1 is 0.500 bits per heavy atom. The molecule has 0 unspecified atom stereocenters. The van der Waals surface area contributed by atoms with Crippen molar-refractivity contribution in [2.75, 3.05) is 39.1 Å². The molecule has 0 atom stereocenters. The number of rotatable bonds is 8. The molecule has 0 amide bonds. The molecule has 0 aliphatic rings. The van der Waals surface area contributed by atoms with E-state index in [0.717, 1.165) is 33.2 Å². The summed E-state index contributed by atoms with van der Waals surface area (Å²) >= 11 is 0. The molecule has 5 rings (SSSR count). The second kappa shape index (κ2) is 9.87. The molecule has 1 heterocycles. The highest BCUT2D eigenvalue weighted by Gasteiger charge is 2.14. The smallest absolute Gasteiger partial charge is 0.174 e. The fourth-order valence-corrected chi connectivity index (χ4v) is 4.02. The first kappa shape index (κ1) is 23.0. The van der Waals surface area contributed by atoms with Gasteiger partial charge >= 0.3 is 0 Å². The Labute approximate surface area is 208 Å². The maximum Gasteiger partial charge on any atom is 0.174 e. The van der Waals surface area contributed by atoms with E-state index in [2.05, 4.69) is 22.8 Å². The number of aromatic nitrogens is 2. The number of nitrogens with zero attached hydrogens (tertiary/aromatic N) is 2. The fourth-order valence-electron chi connectivity index (χ4n) is 4.02. The monoisotopic (exact) mass is 482 g/mol. The molecule has 0 spiro atoms. The minimum atomic E-state index is 0.555. The molecule has 0 fully saturated rings. The highest BCUT2D eigenvalue weighted by Crippen LogP contribution is 2.35. The summed E-state index contributed by atoms with van der Waals surface area (Å²) in [4.78, 5) is 9.85. The molecule has 0 aliphatic heterocycles. The van der Waals surface area contributed by atoms with Gasteiger partial charge in [-0.3, -0.25) is 0 Å². The van der Waals surface area contributed by atoms with Crippen molar-refractivity contribution >= 4 is 44.8 Å². The Balaban J connectivity index is 1.61. The minimum Gasteiger partial charge on any atom is -0.493 e. The molecule has 8 nitrogen and oxygen atoms in total. The van der Waals surface area contributed by atoms with Crippen LogP contribution in [0.15, 0.2) is 72.8 Å². The molecule has 0 aliphatic carbocycles. The Morgan fingerprint density at radius 2 is 0.917 bits per heavy atom. The third-order valence-electron chi connectivity index (χ3n) is 5.82. The SMILES string of the molecule is COc1ccc(Nc2nc3cc4ccccc4cc3nc2Nc2ccc(OC)c(OC)c2)cc1OC. The Hall–Kier alpha value is -4.72. The predicted octanol–water partition coefficient (Wildman–Crippen LogP) is 6.30. The van der Waals surface area contributed by atoms with E-state index >= 15 is 0 Å². The van der Waals surface area contributed by atoms with E-state index < -0.39 is 0 Å². The number of nitrogens with one attached hydrogen (secondary N) is 2. The Morgan fingerprint density at radius 3 is 1.31 bits per heavy atom. The fraction of sp³-hybridized carbons (Fsp3) is 0.143. The molecular formula is C28H26N4O4. The van der Waals surface area contributed by atoms with Gasteiger partial charge in [0.05, 0.1) is 39.5 Å². The molecule has 182 valence electrons. The summed E-state index contributed by atoms with van der Waals surface area (Å²) in [5, 5.41) is 8.95. The normalized spacial score (nSPS) is 10.8. The van der Waals surface area contributed by atoms with Crippen LogP contribution in [0.1, 0.15) is 0 Å². The molecule has 0 saturated heterocycles. The lowest BCUT2D eigenvalue weighted by Gasteiger charge is -2.16. The van der Waals surface area contributed by atoms with Gasteiger partial charge in [0.25, 0.3) is 0 Å². The Kier molecular flexibility index (Phi) is 6.32. The van der Waals surface area contributed by atoms with Crippen LogP contribution in [0.2, 0.25) is 0 Å². The second-order valence-electron chi connectivity index (χ2n) is 8.00. The third-order valence-corrected chi connectivity index (χ3v) is 5.82. The van der Waals surface area contributed by atoms with Crippen molar-refractivity contribution in [3.05, 3.63) is 72.8 Å². The number of fused-ring (bicyclic) bond motifs is 2. The molecule has 1 aromatic heterocycles. The highest BCUT2D eigenvalue weighted by atomic mass is 16.5. The van der Waals surface area contributed by atoms with E-state index in [1.807, 2.05) is 60.7 Å².